The lowest BCUT2D eigenvalue weighted by atomic mass is 9.95. The van der Waals surface area contributed by atoms with E-state index >= 15 is 0 Å². The molecule has 0 unspecified atom stereocenters. The summed E-state index contributed by atoms with van der Waals surface area (Å²) in [7, 11) is 0. The van der Waals surface area contributed by atoms with Gasteiger partial charge in [-0.25, -0.2) is 0 Å². The first-order chi connectivity index (χ1) is 9.29. The molecule has 1 amide bonds. The van der Waals surface area contributed by atoms with Crippen LogP contribution in [0, 0.1) is 11.8 Å². The molecule has 0 aromatic rings. The molecule has 2 fully saturated rings. The summed E-state index contributed by atoms with van der Waals surface area (Å²) in [6, 6.07) is 0. The van der Waals surface area contributed by atoms with Crippen molar-refractivity contribution in [1.82, 2.24) is 10.2 Å². The maximum atomic E-state index is 12.4. The average Bonchev–Trinajstić information content (AvgIpc) is 2.47. The van der Waals surface area contributed by atoms with Gasteiger partial charge in [0.1, 0.15) is 0 Å². The second-order valence-corrected chi connectivity index (χ2v) is 7.11. The summed E-state index contributed by atoms with van der Waals surface area (Å²) >= 11 is 2.04. The highest BCUT2D eigenvalue weighted by Gasteiger charge is 2.23. The molecule has 0 aromatic carbocycles. The maximum absolute atomic E-state index is 12.4. The topological polar surface area (TPSA) is 32.3 Å². The van der Waals surface area contributed by atoms with Crippen LogP contribution in [0.1, 0.15) is 39.0 Å². The van der Waals surface area contributed by atoms with E-state index in [9.17, 15) is 4.79 Å². The van der Waals surface area contributed by atoms with Gasteiger partial charge < -0.3 is 10.2 Å². The Hall–Kier alpha value is -0.220. The van der Waals surface area contributed by atoms with Crippen LogP contribution in [0.3, 0.4) is 0 Å². The lowest BCUT2D eigenvalue weighted by Crippen LogP contribution is -2.40. The van der Waals surface area contributed by atoms with Crippen LogP contribution >= 0.6 is 11.8 Å². The summed E-state index contributed by atoms with van der Waals surface area (Å²) in [4.78, 5) is 14.5. The van der Waals surface area contributed by atoms with Crippen LogP contribution < -0.4 is 5.32 Å². The minimum atomic E-state index is 0.401. The van der Waals surface area contributed by atoms with Crippen molar-refractivity contribution in [3.05, 3.63) is 0 Å². The first-order valence-electron chi connectivity index (χ1n) is 7.85. The van der Waals surface area contributed by atoms with E-state index in [0.29, 0.717) is 17.7 Å². The molecule has 0 atom stereocenters. The summed E-state index contributed by atoms with van der Waals surface area (Å²) in [5.74, 6) is 4.26. The Labute approximate surface area is 121 Å². The van der Waals surface area contributed by atoms with Crippen molar-refractivity contribution in [2.75, 3.05) is 37.7 Å². The van der Waals surface area contributed by atoms with Gasteiger partial charge in [-0.15, -0.1) is 0 Å². The molecule has 3 nitrogen and oxygen atoms in total. The van der Waals surface area contributed by atoms with Crippen LogP contribution in [0.25, 0.3) is 0 Å². The van der Waals surface area contributed by atoms with Crippen LogP contribution in [0.2, 0.25) is 0 Å². The number of hydrogen-bond donors (Lipinski definition) is 1. The average molecular weight is 284 g/mol. The van der Waals surface area contributed by atoms with Gasteiger partial charge in [-0.1, -0.05) is 0 Å². The molecule has 0 aromatic heterocycles. The SMILES string of the molecule is CCN(CC1CCNCC1)C(=O)CC1CCSCC1. The van der Waals surface area contributed by atoms with E-state index in [4.69, 9.17) is 0 Å². The van der Waals surface area contributed by atoms with Crippen LogP contribution in [-0.2, 0) is 4.79 Å². The summed E-state index contributed by atoms with van der Waals surface area (Å²) < 4.78 is 0. The number of amides is 1. The van der Waals surface area contributed by atoms with Crippen LogP contribution in [-0.4, -0.2) is 48.5 Å². The van der Waals surface area contributed by atoms with E-state index in [-0.39, 0.29) is 0 Å². The molecule has 0 spiro atoms. The van der Waals surface area contributed by atoms with Crippen molar-refractivity contribution < 1.29 is 4.79 Å². The van der Waals surface area contributed by atoms with Crippen molar-refractivity contribution in [3.8, 4) is 0 Å². The van der Waals surface area contributed by atoms with E-state index in [1.54, 1.807) is 0 Å². The minimum Gasteiger partial charge on any atom is -0.343 e. The molecule has 2 heterocycles. The monoisotopic (exact) mass is 284 g/mol. The molecule has 4 heteroatoms. The number of rotatable bonds is 5. The number of nitrogens with zero attached hydrogens (tertiary/aromatic N) is 1. The Morgan fingerprint density at radius 2 is 1.84 bits per heavy atom. The molecule has 1 N–H and O–H groups in total. The van der Waals surface area contributed by atoms with Crippen LogP contribution in [0.4, 0.5) is 0 Å². The van der Waals surface area contributed by atoms with Crippen molar-refractivity contribution >= 4 is 17.7 Å². The van der Waals surface area contributed by atoms with Gasteiger partial charge in [-0.05, 0) is 69.0 Å². The predicted molar refractivity (Wildman–Crippen MR) is 82.5 cm³/mol. The Kier molecular flexibility index (Phi) is 6.51. The zero-order chi connectivity index (χ0) is 13.5. The quantitative estimate of drug-likeness (QED) is 0.841. The third-order valence-corrected chi connectivity index (χ3v) is 5.52. The van der Waals surface area contributed by atoms with Crippen molar-refractivity contribution in [3.63, 3.8) is 0 Å². The zero-order valence-electron chi connectivity index (χ0n) is 12.2. The Balaban J connectivity index is 1.76. The lowest BCUT2D eigenvalue weighted by Gasteiger charge is -2.31. The lowest BCUT2D eigenvalue weighted by molar-refractivity contribution is -0.132. The molecule has 0 radical (unpaired) electrons. The fourth-order valence-electron chi connectivity index (χ4n) is 3.11. The predicted octanol–water partition coefficient (Wildman–Crippen LogP) is 2.37. The molecule has 2 aliphatic rings. The van der Waals surface area contributed by atoms with Crippen molar-refractivity contribution in [2.45, 2.75) is 39.0 Å². The Morgan fingerprint density at radius 1 is 1.16 bits per heavy atom. The smallest absolute Gasteiger partial charge is 0.222 e. The fourth-order valence-corrected chi connectivity index (χ4v) is 4.31. The van der Waals surface area contributed by atoms with Gasteiger partial charge in [-0.3, -0.25) is 4.79 Å². The van der Waals surface area contributed by atoms with E-state index < -0.39 is 0 Å². The van der Waals surface area contributed by atoms with Gasteiger partial charge in [0.15, 0.2) is 0 Å². The molecular formula is C15H28N2OS. The van der Waals surface area contributed by atoms with Gasteiger partial charge >= 0.3 is 0 Å². The van der Waals surface area contributed by atoms with E-state index in [2.05, 4.69) is 17.1 Å². The van der Waals surface area contributed by atoms with Crippen LogP contribution in [0.5, 0.6) is 0 Å². The number of piperidine rings is 1. The van der Waals surface area contributed by atoms with Crippen molar-refractivity contribution in [2.24, 2.45) is 11.8 Å². The number of carbonyl (C=O) groups excluding carboxylic acids is 1. The van der Waals surface area contributed by atoms with Crippen LogP contribution in [0.15, 0.2) is 0 Å². The first-order valence-corrected chi connectivity index (χ1v) is 9.01. The zero-order valence-corrected chi connectivity index (χ0v) is 13.0. The van der Waals surface area contributed by atoms with Crippen molar-refractivity contribution in [1.29, 1.82) is 0 Å². The van der Waals surface area contributed by atoms with Gasteiger partial charge in [0, 0.05) is 19.5 Å². The Bertz CT molecular complexity index is 273. The molecule has 0 saturated carbocycles. The van der Waals surface area contributed by atoms with Gasteiger partial charge in [0.2, 0.25) is 5.91 Å². The number of nitrogens with one attached hydrogen (secondary N) is 1. The fraction of sp³-hybridized carbons (Fsp3) is 0.933. The van der Waals surface area contributed by atoms with E-state index in [1.807, 2.05) is 11.8 Å². The molecule has 2 rings (SSSR count). The molecule has 0 bridgehead atoms. The summed E-state index contributed by atoms with van der Waals surface area (Å²) in [6.45, 7) is 6.23. The molecule has 110 valence electrons. The minimum absolute atomic E-state index is 0.401. The summed E-state index contributed by atoms with van der Waals surface area (Å²) in [6.07, 6.45) is 5.72. The van der Waals surface area contributed by atoms with E-state index in [1.165, 1.54) is 37.2 Å². The largest absolute Gasteiger partial charge is 0.343 e. The summed E-state index contributed by atoms with van der Waals surface area (Å²) in [5.41, 5.74) is 0. The highest BCUT2D eigenvalue weighted by molar-refractivity contribution is 7.99. The molecule has 2 aliphatic heterocycles. The second-order valence-electron chi connectivity index (χ2n) is 5.89. The second kappa shape index (κ2) is 8.15. The molecule has 19 heavy (non-hydrogen) atoms. The van der Waals surface area contributed by atoms with Gasteiger partial charge in [0.05, 0.1) is 0 Å². The number of hydrogen-bond acceptors (Lipinski definition) is 3. The van der Waals surface area contributed by atoms with Gasteiger partial charge in [-0.2, -0.15) is 11.8 Å². The highest BCUT2D eigenvalue weighted by atomic mass is 32.2. The maximum Gasteiger partial charge on any atom is 0.222 e. The number of thioether (sulfide) groups is 1. The highest BCUT2D eigenvalue weighted by Crippen LogP contribution is 2.26. The third kappa shape index (κ3) is 4.99. The first kappa shape index (κ1) is 15.2. The molecule has 0 aliphatic carbocycles. The third-order valence-electron chi connectivity index (χ3n) is 4.48. The summed E-state index contributed by atoms with van der Waals surface area (Å²) in [5, 5.41) is 3.40. The normalized spacial score (nSPS) is 22.4. The number of carbonyl (C=O) groups is 1. The van der Waals surface area contributed by atoms with E-state index in [0.717, 1.165) is 32.6 Å². The Morgan fingerprint density at radius 3 is 2.47 bits per heavy atom. The molecule has 2 saturated heterocycles. The molecular weight excluding hydrogens is 256 g/mol. The standard InChI is InChI=1S/C15H28N2OS/c1-2-17(12-14-3-7-16-8-4-14)15(18)11-13-5-9-19-10-6-13/h13-14,16H,2-12H2,1H3. The van der Waals surface area contributed by atoms with Gasteiger partial charge in [0.25, 0.3) is 0 Å².